The van der Waals surface area contributed by atoms with Crippen molar-refractivity contribution in [3.05, 3.63) is 30.1 Å². The molecule has 2 heterocycles. The third kappa shape index (κ3) is 2.98. The average molecular weight is 289 g/mol. The highest BCUT2D eigenvalue weighted by Gasteiger charge is 2.44. The molecule has 21 heavy (non-hydrogen) atoms. The van der Waals surface area contributed by atoms with E-state index in [-0.39, 0.29) is 12.1 Å². The van der Waals surface area contributed by atoms with Crippen LogP contribution in [0.15, 0.2) is 24.5 Å². The zero-order valence-electron chi connectivity index (χ0n) is 12.9. The Bertz CT molecular complexity index is 464. The molecule has 1 aliphatic carbocycles. The minimum absolute atomic E-state index is 0.0592. The summed E-state index contributed by atoms with van der Waals surface area (Å²) in [6.07, 6.45) is 9.14. The van der Waals surface area contributed by atoms with E-state index in [1.165, 1.54) is 18.4 Å². The van der Waals surface area contributed by atoms with E-state index in [4.69, 9.17) is 5.73 Å². The lowest BCUT2D eigenvalue weighted by atomic mass is 9.71. The predicted molar refractivity (Wildman–Crippen MR) is 83.7 cm³/mol. The number of fused-ring (bicyclic) bond motifs is 1. The van der Waals surface area contributed by atoms with Gasteiger partial charge in [-0.15, -0.1) is 0 Å². The number of piperidine rings is 1. The van der Waals surface area contributed by atoms with Crippen LogP contribution in [-0.4, -0.2) is 39.7 Å². The number of likely N-dealkylation sites (tertiary alicyclic amines) is 1. The Kier molecular flexibility index (Phi) is 4.29. The second-order valence-corrected chi connectivity index (χ2v) is 6.88. The summed E-state index contributed by atoms with van der Waals surface area (Å²) in [5, 5.41) is 10.8. The van der Waals surface area contributed by atoms with Crippen molar-refractivity contribution in [1.82, 2.24) is 9.88 Å². The quantitative estimate of drug-likeness (QED) is 0.894. The summed E-state index contributed by atoms with van der Waals surface area (Å²) < 4.78 is 0. The molecule has 2 aliphatic rings. The van der Waals surface area contributed by atoms with Crippen LogP contribution < -0.4 is 5.73 Å². The molecule has 4 unspecified atom stereocenters. The van der Waals surface area contributed by atoms with Gasteiger partial charge in [-0.25, -0.2) is 0 Å². The van der Waals surface area contributed by atoms with Gasteiger partial charge in [0, 0.05) is 37.4 Å². The van der Waals surface area contributed by atoms with Crippen molar-refractivity contribution in [1.29, 1.82) is 0 Å². The molecule has 0 aromatic carbocycles. The Labute approximate surface area is 127 Å². The van der Waals surface area contributed by atoms with E-state index in [0.717, 1.165) is 32.4 Å². The van der Waals surface area contributed by atoms with Gasteiger partial charge in [0.2, 0.25) is 0 Å². The Morgan fingerprint density at radius 2 is 2.29 bits per heavy atom. The predicted octanol–water partition coefficient (Wildman–Crippen LogP) is 2.10. The first kappa shape index (κ1) is 14.9. The third-order valence-electron chi connectivity index (χ3n) is 5.38. The molecule has 3 rings (SSSR count). The van der Waals surface area contributed by atoms with Gasteiger partial charge in [0.1, 0.15) is 0 Å². The maximum Gasteiger partial charge on any atom is 0.0700 e. The molecule has 4 atom stereocenters. The highest BCUT2D eigenvalue weighted by atomic mass is 16.3. The average Bonchev–Trinajstić information content (AvgIpc) is 2.48. The molecule has 1 aromatic heterocycles. The molecular formula is C17H27N3O. The van der Waals surface area contributed by atoms with E-state index in [1.807, 2.05) is 12.3 Å². The molecule has 4 nitrogen and oxygen atoms in total. The fourth-order valence-electron chi connectivity index (χ4n) is 4.25. The first-order valence-electron chi connectivity index (χ1n) is 8.22. The molecule has 0 spiro atoms. The standard InChI is InChI=1S/C17H27N3O/c1-13(18)16(14-5-4-9-19-11-14)20-10-8-17(21)7-3-2-6-15(17)12-20/h4-5,9,11,13,15-16,21H,2-3,6-8,10,12,18H2,1H3. The number of aliphatic hydroxyl groups is 1. The number of aromatic nitrogens is 1. The van der Waals surface area contributed by atoms with E-state index in [2.05, 4.69) is 22.9 Å². The van der Waals surface area contributed by atoms with Crippen molar-refractivity contribution in [3.63, 3.8) is 0 Å². The summed E-state index contributed by atoms with van der Waals surface area (Å²) in [5.74, 6) is 0.401. The molecule has 3 N–H and O–H groups in total. The van der Waals surface area contributed by atoms with Crippen LogP contribution in [0.4, 0.5) is 0 Å². The van der Waals surface area contributed by atoms with Crippen LogP contribution in [0.3, 0.4) is 0 Å². The SMILES string of the molecule is CC(N)C(c1cccnc1)N1CCC2(O)CCCCC2C1. The Hall–Kier alpha value is -0.970. The summed E-state index contributed by atoms with van der Waals surface area (Å²) in [4.78, 5) is 6.71. The van der Waals surface area contributed by atoms with Crippen molar-refractivity contribution in [3.8, 4) is 0 Å². The second-order valence-electron chi connectivity index (χ2n) is 6.88. The lowest BCUT2D eigenvalue weighted by molar-refractivity contribution is -0.104. The first-order chi connectivity index (χ1) is 10.1. The van der Waals surface area contributed by atoms with Crippen LogP contribution in [0.1, 0.15) is 50.6 Å². The fourth-order valence-corrected chi connectivity index (χ4v) is 4.25. The van der Waals surface area contributed by atoms with Gasteiger partial charge in [0.05, 0.1) is 11.6 Å². The zero-order valence-corrected chi connectivity index (χ0v) is 12.9. The van der Waals surface area contributed by atoms with Crippen molar-refractivity contribution >= 4 is 0 Å². The van der Waals surface area contributed by atoms with Crippen LogP contribution in [0, 0.1) is 5.92 Å². The number of nitrogens with two attached hydrogens (primary N) is 1. The largest absolute Gasteiger partial charge is 0.390 e. The molecule has 0 radical (unpaired) electrons. The molecule has 0 amide bonds. The van der Waals surface area contributed by atoms with Crippen LogP contribution >= 0.6 is 0 Å². The van der Waals surface area contributed by atoms with Crippen molar-refractivity contribution in [2.24, 2.45) is 11.7 Å². The van der Waals surface area contributed by atoms with Gasteiger partial charge in [-0.05, 0) is 37.8 Å². The molecule has 1 aromatic rings. The second kappa shape index (κ2) is 6.03. The number of rotatable bonds is 3. The zero-order chi connectivity index (χ0) is 14.9. The minimum atomic E-state index is -0.425. The van der Waals surface area contributed by atoms with Crippen molar-refractivity contribution in [2.75, 3.05) is 13.1 Å². The lowest BCUT2D eigenvalue weighted by Crippen LogP contribution is -2.55. The van der Waals surface area contributed by atoms with E-state index < -0.39 is 5.60 Å². The van der Waals surface area contributed by atoms with Gasteiger partial charge < -0.3 is 10.8 Å². The maximum atomic E-state index is 10.8. The van der Waals surface area contributed by atoms with Gasteiger partial charge in [0.15, 0.2) is 0 Å². The normalized spacial score (nSPS) is 33.2. The van der Waals surface area contributed by atoms with Gasteiger partial charge in [-0.1, -0.05) is 18.9 Å². The summed E-state index contributed by atoms with van der Waals surface area (Å²) in [7, 11) is 0. The molecule has 2 fully saturated rings. The number of hydrogen-bond donors (Lipinski definition) is 2. The monoisotopic (exact) mass is 289 g/mol. The van der Waals surface area contributed by atoms with Crippen LogP contribution in [0.25, 0.3) is 0 Å². The van der Waals surface area contributed by atoms with Gasteiger partial charge >= 0.3 is 0 Å². The Balaban J connectivity index is 1.79. The number of pyridine rings is 1. The molecule has 116 valence electrons. The molecule has 1 saturated heterocycles. The molecule has 4 heteroatoms. The minimum Gasteiger partial charge on any atom is -0.390 e. The highest BCUT2D eigenvalue weighted by Crippen LogP contribution is 2.42. The molecule has 0 bridgehead atoms. The molecular weight excluding hydrogens is 262 g/mol. The first-order valence-corrected chi connectivity index (χ1v) is 8.22. The van der Waals surface area contributed by atoms with Gasteiger partial charge in [-0.2, -0.15) is 0 Å². The Morgan fingerprint density at radius 1 is 1.43 bits per heavy atom. The summed E-state index contributed by atoms with van der Waals surface area (Å²) in [6, 6.07) is 4.35. The van der Waals surface area contributed by atoms with E-state index in [1.54, 1.807) is 6.20 Å². The van der Waals surface area contributed by atoms with Gasteiger partial charge in [0.25, 0.3) is 0 Å². The number of nitrogens with zero attached hydrogens (tertiary/aromatic N) is 2. The summed E-state index contributed by atoms with van der Waals surface area (Å²) >= 11 is 0. The van der Waals surface area contributed by atoms with Crippen molar-refractivity contribution in [2.45, 2.75) is 56.7 Å². The number of hydrogen-bond acceptors (Lipinski definition) is 4. The lowest BCUT2D eigenvalue weighted by Gasteiger charge is -2.50. The van der Waals surface area contributed by atoms with Gasteiger partial charge in [-0.3, -0.25) is 9.88 Å². The maximum absolute atomic E-state index is 10.8. The summed E-state index contributed by atoms with van der Waals surface area (Å²) in [5.41, 5.74) is 7.03. The van der Waals surface area contributed by atoms with Crippen LogP contribution in [0.2, 0.25) is 0 Å². The molecule has 1 saturated carbocycles. The smallest absolute Gasteiger partial charge is 0.0700 e. The van der Waals surface area contributed by atoms with E-state index in [9.17, 15) is 5.11 Å². The fraction of sp³-hybridized carbons (Fsp3) is 0.706. The topological polar surface area (TPSA) is 62.4 Å². The highest BCUT2D eigenvalue weighted by molar-refractivity contribution is 5.17. The van der Waals surface area contributed by atoms with Crippen LogP contribution in [-0.2, 0) is 0 Å². The third-order valence-corrected chi connectivity index (χ3v) is 5.38. The molecule has 1 aliphatic heterocycles. The Morgan fingerprint density at radius 3 is 3.00 bits per heavy atom. The van der Waals surface area contributed by atoms with E-state index in [0.29, 0.717) is 5.92 Å². The van der Waals surface area contributed by atoms with E-state index >= 15 is 0 Å². The van der Waals surface area contributed by atoms with Crippen molar-refractivity contribution < 1.29 is 5.11 Å². The van der Waals surface area contributed by atoms with Crippen LogP contribution in [0.5, 0.6) is 0 Å². The summed E-state index contributed by atoms with van der Waals surface area (Å²) in [6.45, 7) is 3.95.